The first kappa shape index (κ1) is 15.3. The van der Waals surface area contributed by atoms with Crippen LogP contribution < -0.4 is 11.3 Å². The van der Waals surface area contributed by atoms with Gasteiger partial charge in [-0.05, 0) is 18.8 Å². The highest BCUT2D eigenvalue weighted by Gasteiger charge is 2.40. The van der Waals surface area contributed by atoms with Gasteiger partial charge in [0.2, 0.25) is 0 Å². The summed E-state index contributed by atoms with van der Waals surface area (Å²) in [5.41, 5.74) is 2.15. The third-order valence-electron chi connectivity index (χ3n) is 3.63. The van der Waals surface area contributed by atoms with Gasteiger partial charge in [-0.25, -0.2) is 10.6 Å². The summed E-state index contributed by atoms with van der Waals surface area (Å²) in [7, 11) is 0. The minimum Gasteiger partial charge on any atom is -0.283 e. The van der Waals surface area contributed by atoms with Crippen molar-refractivity contribution in [2.24, 2.45) is 11.8 Å². The number of rotatable bonds is 5. The number of nitrogens with two attached hydrogens (primary N) is 1. The zero-order chi connectivity index (χ0) is 14.7. The smallest absolute Gasteiger partial charge is 0.283 e. The lowest BCUT2D eigenvalue weighted by atomic mass is 9.91. The molecule has 7 heteroatoms. The van der Waals surface area contributed by atoms with Crippen LogP contribution in [0.1, 0.15) is 33.1 Å². The largest absolute Gasteiger partial charge is 0.338 e. The van der Waals surface area contributed by atoms with Crippen LogP contribution >= 0.6 is 11.8 Å². The van der Waals surface area contributed by atoms with Gasteiger partial charge in [0.15, 0.2) is 0 Å². The van der Waals surface area contributed by atoms with E-state index in [1.165, 1.54) is 23.1 Å². The van der Waals surface area contributed by atoms with Crippen molar-refractivity contribution >= 4 is 24.1 Å². The van der Waals surface area contributed by atoms with Crippen LogP contribution in [0.3, 0.4) is 0 Å². The molecule has 1 radical (unpaired) electrons. The molecule has 0 bridgehead atoms. The Morgan fingerprint density at radius 2 is 2.35 bits per heavy atom. The molecule has 111 valence electrons. The zero-order valence-electron chi connectivity index (χ0n) is 11.8. The van der Waals surface area contributed by atoms with Crippen molar-refractivity contribution in [3.63, 3.8) is 0 Å². The molecule has 0 aromatic rings. The highest BCUT2D eigenvalue weighted by atomic mass is 32.2. The van der Waals surface area contributed by atoms with E-state index in [0.29, 0.717) is 12.0 Å². The summed E-state index contributed by atoms with van der Waals surface area (Å²) in [4.78, 5) is 26.6. The fourth-order valence-electron chi connectivity index (χ4n) is 2.50. The Bertz CT molecular complexity index is 409. The van der Waals surface area contributed by atoms with Gasteiger partial charge in [0.25, 0.3) is 6.29 Å². The minimum absolute atomic E-state index is 0.206. The van der Waals surface area contributed by atoms with Crippen molar-refractivity contribution in [1.29, 1.82) is 0 Å². The number of hydrogen-bond donors (Lipinski definition) is 2. The molecule has 1 heterocycles. The average molecular weight is 297 g/mol. The molecule has 1 fully saturated rings. The van der Waals surface area contributed by atoms with Crippen LogP contribution in [0.15, 0.2) is 11.1 Å². The molecule has 2 aliphatic rings. The third-order valence-corrected chi connectivity index (χ3v) is 4.72. The van der Waals surface area contributed by atoms with Crippen molar-refractivity contribution in [2.75, 3.05) is 6.54 Å². The molecule has 0 spiro atoms. The Hall–Kier alpha value is -1.05. The van der Waals surface area contributed by atoms with E-state index < -0.39 is 6.03 Å². The summed E-state index contributed by atoms with van der Waals surface area (Å²) >= 11 is 1.47. The summed E-state index contributed by atoms with van der Waals surface area (Å²) in [6.07, 6.45) is 5.32. The second-order valence-corrected chi connectivity index (χ2v) is 6.49. The molecule has 20 heavy (non-hydrogen) atoms. The number of allylic oxidation sites excluding steroid dienone is 1. The molecule has 2 rings (SSSR count). The van der Waals surface area contributed by atoms with Crippen molar-refractivity contribution in [3.8, 4) is 0 Å². The van der Waals surface area contributed by atoms with Crippen molar-refractivity contribution < 1.29 is 9.59 Å². The number of nitrogens with one attached hydrogen (secondary N) is 1. The maximum atomic E-state index is 11.9. The number of carbonyl (C=O) groups excluding carboxylic acids is 2. The highest BCUT2D eigenvalue weighted by molar-refractivity contribution is 8.02. The van der Waals surface area contributed by atoms with Gasteiger partial charge in [0.1, 0.15) is 11.2 Å². The van der Waals surface area contributed by atoms with Crippen LogP contribution in [0.2, 0.25) is 0 Å². The molecule has 1 aliphatic carbocycles. The van der Waals surface area contributed by atoms with Crippen molar-refractivity contribution in [3.05, 3.63) is 11.1 Å². The van der Waals surface area contributed by atoms with E-state index in [-0.39, 0.29) is 11.2 Å². The minimum atomic E-state index is -0.470. The van der Waals surface area contributed by atoms with E-state index in [1.807, 2.05) is 6.29 Å². The van der Waals surface area contributed by atoms with Gasteiger partial charge in [-0.2, -0.15) is 0 Å². The number of amides is 2. The maximum absolute atomic E-state index is 11.9. The van der Waals surface area contributed by atoms with E-state index in [1.54, 1.807) is 5.41 Å². The SMILES string of the molecule is CC(C)CN(C1CCC1)C1SC=C([C]=O)N1C(=O)NN. The van der Waals surface area contributed by atoms with E-state index in [0.717, 1.165) is 19.4 Å². The van der Waals surface area contributed by atoms with E-state index in [9.17, 15) is 9.59 Å². The van der Waals surface area contributed by atoms with E-state index in [4.69, 9.17) is 5.84 Å². The lowest BCUT2D eigenvalue weighted by Gasteiger charge is -2.44. The van der Waals surface area contributed by atoms with Gasteiger partial charge in [0, 0.05) is 18.0 Å². The Balaban J connectivity index is 2.18. The van der Waals surface area contributed by atoms with E-state index in [2.05, 4.69) is 24.2 Å². The van der Waals surface area contributed by atoms with Crippen molar-refractivity contribution in [2.45, 2.75) is 44.6 Å². The van der Waals surface area contributed by atoms with Crippen LogP contribution in [0, 0.1) is 5.92 Å². The summed E-state index contributed by atoms with van der Waals surface area (Å²) in [6.45, 7) is 5.19. The lowest BCUT2D eigenvalue weighted by molar-refractivity contribution is 0.0571. The number of nitrogens with zero attached hydrogens (tertiary/aromatic N) is 2. The van der Waals surface area contributed by atoms with Crippen LogP contribution in [0.4, 0.5) is 4.79 Å². The van der Waals surface area contributed by atoms with Crippen molar-refractivity contribution in [1.82, 2.24) is 15.2 Å². The molecule has 0 saturated heterocycles. The molecule has 3 N–H and O–H groups in total. The summed E-state index contributed by atoms with van der Waals surface area (Å²) < 4.78 is 0. The number of hydrazine groups is 1. The highest BCUT2D eigenvalue weighted by Crippen LogP contribution is 2.37. The lowest BCUT2D eigenvalue weighted by Crippen LogP contribution is -2.56. The number of urea groups is 1. The molecule has 6 nitrogen and oxygen atoms in total. The van der Waals surface area contributed by atoms with E-state index >= 15 is 0 Å². The molecule has 0 aromatic carbocycles. The first-order chi connectivity index (χ1) is 9.58. The molecule has 1 aliphatic heterocycles. The molecule has 1 unspecified atom stereocenters. The number of hydrogen-bond acceptors (Lipinski definition) is 5. The van der Waals surface area contributed by atoms with Gasteiger partial charge in [-0.3, -0.25) is 20.0 Å². The Morgan fingerprint density at radius 3 is 2.80 bits per heavy atom. The molecular weight excluding hydrogens is 276 g/mol. The maximum Gasteiger partial charge on any atom is 0.338 e. The second-order valence-electron chi connectivity index (χ2n) is 5.56. The summed E-state index contributed by atoms with van der Waals surface area (Å²) in [5, 5.41) is 1.68. The monoisotopic (exact) mass is 297 g/mol. The fourth-order valence-corrected chi connectivity index (χ4v) is 3.66. The van der Waals surface area contributed by atoms with Gasteiger partial charge in [-0.1, -0.05) is 32.0 Å². The first-order valence-electron chi connectivity index (χ1n) is 6.87. The quantitative estimate of drug-likeness (QED) is 0.455. The second kappa shape index (κ2) is 6.60. The molecule has 0 aromatic heterocycles. The predicted molar refractivity (Wildman–Crippen MR) is 78.9 cm³/mol. The van der Waals surface area contributed by atoms with Gasteiger partial charge < -0.3 is 0 Å². The Kier molecular flexibility index (Phi) is 5.06. The Morgan fingerprint density at radius 1 is 1.65 bits per heavy atom. The normalized spacial score (nSPS) is 22.9. The Labute approximate surface area is 123 Å². The number of carbonyl (C=O) groups is 1. The standard InChI is InChI=1S/C13H21N4O2S/c1-9(2)6-16(10-4-3-5-10)13-17(12(19)15-14)11(7-18)8-20-13/h8-10,13H,3-6,14H2,1-2H3,(H,15,19). The average Bonchev–Trinajstić information content (AvgIpc) is 2.77. The summed E-state index contributed by atoms with van der Waals surface area (Å²) in [6, 6.07) is 0.00468. The van der Waals surface area contributed by atoms with Crippen LogP contribution in [-0.4, -0.2) is 40.2 Å². The summed E-state index contributed by atoms with van der Waals surface area (Å²) in [5.74, 6) is 5.72. The van der Waals surface area contributed by atoms with Crippen LogP contribution in [-0.2, 0) is 4.79 Å². The van der Waals surface area contributed by atoms with Gasteiger partial charge in [-0.15, -0.1) is 0 Å². The van der Waals surface area contributed by atoms with Crippen LogP contribution in [0.5, 0.6) is 0 Å². The topological polar surface area (TPSA) is 78.7 Å². The molecule has 2 amide bonds. The third kappa shape index (κ3) is 2.99. The van der Waals surface area contributed by atoms with Gasteiger partial charge >= 0.3 is 6.03 Å². The first-order valence-corrected chi connectivity index (χ1v) is 7.82. The molecule has 1 atom stereocenters. The van der Waals surface area contributed by atoms with Gasteiger partial charge in [0.05, 0.1) is 0 Å². The molecular formula is C13H21N4O2S. The fraction of sp³-hybridized carbons (Fsp3) is 0.692. The number of thioether (sulfide) groups is 1. The predicted octanol–water partition coefficient (Wildman–Crippen LogP) is 1.36. The zero-order valence-corrected chi connectivity index (χ0v) is 12.7. The molecule has 1 saturated carbocycles. The van der Waals surface area contributed by atoms with Crippen LogP contribution in [0.25, 0.3) is 0 Å².